The fraction of sp³-hybridized carbons (Fsp3) is 0. The Kier molecular flexibility index (Phi) is 7.13. The number of benzene rings is 4. The van der Waals surface area contributed by atoms with Gasteiger partial charge in [0, 0.05) is 23.1 Å². The molecule has 1 aromatic heterocycles. The zero-order valence-corrected chi connectivity index (χ0v) is 20.4. The summed E-state index contributed by atoms with van der Waals surface area (Å²) in [6.07, 6.45) is 1.43. The van der Waals surface area contributed by atoms with Crippen molar-refractivity contribution in [1.82, 2.24) is 10.4 Å². The van der Waals surface area contributed by atoms with E-state index in [1.54, 1.807) is 30.3 Å². The highest BCUT2D eigenvalue weighted by atomic mass is 16.6. The summed E-state index contributed by atoms with van der Waals surface area (Å²) in [6, 6.07) is 30.4. The predicted molar refractivity (Wildman–Crippen MR) is 147 cm³/mol. The summed E-state index contributed by atoms with van der Waals surface area (Å²) in [4.78, 5) is 40.5. The van der Waals surface area contributed by atoms with Gasteiger partial charge in [0.25, 0.3) is 11.6 Å². The lowest BCUT2D eigenvalue weighted by Gasteiger charge is -2.09. The molecule has 0 saturated heterocycles. The van der Waals surface area contributed by atoms with Gasteiger partial charge >= 0.3 is 5.97 Å². The Morgan fingerprint density at radius 2 is 1.62 bits per heavy atom. The average Bonchev–Trinajstić information content (AvgIpc) is 2.97. The molecule has 4 aromatic carbocycles. The minimum Gasteiger partial charge on any atom is -0.423 e. The van der Waals surface area contributed by atoms with Crippen molar-refractivity contribution in [2.45, 2.75) is 0 Å². The van der Waals surface area contributed by atoms with Gasteiger partial charge in [-0.05, 0) is 42.0 Å². The first-order valence-electron chi connectivity index (χ1n) is 11.8. The monoisotopic (exact) mass is 516 g/mol. The number of aromatic nitrogens is 1. The van der Waals surface area contributed by atoms with Gasteiger partial charge in [-0.1, -0.05) is 60.7 Å². The average molecular weight is 517 g/mol. The number of para-hydroxylation sites is 1. The quantitative estimate of drug-likeness (QED) is 0.0960. The number of pyridine rings is 1. The highest BCUT2D eigenvalue weighted by molar-refractivity contribution is 6.07. The fourth-order valence-corrected chi connectivity index (χ4v) is 3.89. The predicted octanol–water partition coefficient (Wildman–Crippen LogP) is 5.79. The summed E-state index contributed by atoms with van der Waals surface area (Å²) in [6.45, 7) is 0. The van der Waals surface area contributed by atoms with Crippen molar-refractivity contribution >= 4 is 34.7 Å². The number of hydrogen-bond donors (Lipinski definition) is 1. The fourth-order valence-electron chi connectivity index (χ4n) is 3.89. The van der Waals surface area contributed by atoms with Crippen molar-refractivity contribution in [3.8, 4) is 17.0 Å². The van der Waals surface area contributed by atoms with Crippen LogP contribution in [0.5, 0.6) is 5.75 Å². The van der Waals surface area contributed by atoms with Crippen LogP contribution in [0.3, 0.4) is 0 Å². The summed E-state index contributed by atoms with van der Waals surface area (Å²) >= 11 is 0. The van der Waals surface area contributed by atoms with Gasteiger partial charge in [-0.3, -0.25) is 14.9 Å². The van der Waals surface area contributed by atoms with E-state index in [1.807, 2.05) is 54.6 Å². The molecule has 0 saturated carbocycles. The van der Waals surface area contributed by atoms with Crippen LogP contribution in [0.15, 0.2) is 114 Å². The topological polar surface area (TPSA) is 124 Å². The van der Waals surface area contributed by atoms with Crippen LogP contribution in [0.25, 0.3) is 22.2 Å². The van der Waals surface area contributed by atoms with E-state index in [9.17, 15) is 19.7 Å². The molecule has 0 aliphatic carbocycles. The van der Waals surface area contributed by atoms with Gasteiger partial charge in [0.2, 0.25) is 0 Å². The molecule has 0 aliphatic heterocycles. The molecule has 39 heavy (non-hydrogen) atoms. The van der Waals surface area contributed by atoms with E-state index in [2.05, 4.69) is 10.5 Å². The van der Waals surface area contributed by atoms with E-state index in [0.29, 0.717) is 27.7 Å². The minimum absolute atomic E-state index is 0.122. The number of ether oxygens (including phenoxy) is 1. The number of rotatable bonds is 7. The van der Waals surface area contributed by atoms with Gasteiger partial charge in [0.1, 0.15) is 5.75 Å². The Balaban J connectivity index is 1.30. The summed E-state index contributed by atoms with van der Waals surface area (Å²) in [5.41, 5.74) is 5.87. The van der Waals surface area contributed by atoms with Crippen LogP contribution in [0.4, 0.5) is 5.69 Å². The molecule has 0 radical (unpaired) electrons. The number of carbonyl (C=O) groups excluding carboxylic acids is 2. The number of nitrogens with one attached hydrogen (secondary N) is 1. The largest absolute Gasteiger partial charge is 0.423 e. The molecule has 1 amide bonds. The zero-order chi connectivity index (χ0) is 27.2. The number of carbonyl (C=O) groups is 2. The second-order valence-corrected chi connectivity index (χ2v) is 8.40. The number of esters is 1. The molecule has 190 valence electrons. The first kappa shape index (κ1) is 25.0. The maximum absolute atomic E-state index is 13.1. The summed E-state index contributed by atoms with van der Waals surface area (Å²) in [5.74, 6) is -0.810. The number of amides is 1. The molecule has 9 nitrogen and oxygen atoms in total. The number of fused-ring (bicyclic) bond motifs is 1. The summed E-state index contributed by atoms with van der Waals surface area (Å²) in [7, 11) is 0. The maximum atomic E-state index is 13.1. The van der Waals surface area contributed by atoms with Gasteiger partial charge in [-0.25, -0.2) is 15.2 Å². The van der Waals surface area contributed by atoms with Gasteiger partial charge in [0.15, 0.2) is 0 Å². The van der Waals surface area contributed by atoms with Crippen molar-refractivity contribution in [2.75, 3.05) is 0 Å². The molecule has 0 unspecified atom stereocenters. The van der Waals surface area contributed by atoms with E-state index < -0.39 is 16.8 Å². The number of nitrogens with zero attached hydrogens (tertiary/aromatic N) is 3. The molecule has 1 N–H and O–H groups in total. The van der Waals surface area contributed by atoms with Crippen LogP contribution in [0.1, 0.15) is 26.3 Å². The van der Waals surface area contributed by atoms with Crippen molar-refractivity contribution in [3.05, 3.63) is 136 Å². The Morgan fingerprint density at radius 1 is 0.872 bits per heavy atom. The Hall–Kier alpha value is -5.70. The number of non-ortho nitro benzene ring substituents is 1. The van der Waals surface area contributed by atoms with E-state index in [4.69, 9.17) is 9.72 Å². The highest BCUT2D eigenvalue weighted by Gasteiger charge is 2.14. The number of nitro benzene ring substituents is 1. The second-order valence-electron chi connectivity index (χ2n) is 8.40. The number of hydrazone groups is 1. The van der Waals surface area contributed by atoms with Crippen LogP contribution < -0.4 is 10.2 Å². The lowest BCUT2D eigenvalue weighted by Crippen LogP contribution is -2.18. The van der Waals surface area contributed by atoms with Crippen LogP contribution >= 0.6 is 0 Å². The van der Waals surface area contributed by atoms with E-state index in [1.165, 1.54) is 30.5 Å². The Bertz CT molecular complexity index is 1720. The van der Waals surface area contributed by atoms with Gasteiger partial charge < -0.3 is 4.74 Å². The third-order valence-corrected chi connectivity index (χ3v) is 5.79. The van der Waals surface area contributed by atoms with Crippen molar-refractivity contribution in [2.24, 2.45) is 5.10 Å². The summed E-state index contributed by atoms with van der Waals surface area (Å²) in [5, 5.41) is 15.6. The number of nitro groups is 1. The molecule has 0 aliphatic rings. The van der Waals surface area contributed by atoms with Crippen LogP contribution in [-0.4, -0.2) is 28.0 Å². The lowest BCUT2D eigenvalue weighted by atomic mass is 10.0. The Labute approximate surface area is 222 Å². The zero-order valence-electron chi connectivity index (χ0n) is 20.4. The van der Waals surface area contributed by atoms with E-state index >= 15 is 0 Å². The normalized spacial score (nSPS) is 10.9. The lowest BCUT2D eigenvalue weighted by molar-refractivity contribution is -0.384. The molecule has 0 spiro atoms. The first-order valence-corrected chi connectivity index (χ1v) is 11.8. The molecule has 9 heteroatoms. The Morgan fingerprint density at radius 3 is 2.38 bits per heavy atom. The third kappa shape index (κ3) is 5.83. The van der Waals surface area contributed by atoms with E-state index in [-0.39, 0.29) is 17.0 Å². The molecule has 0 atom stereocenters. The number of hydrogen-bond acceptors (Lipinski definition) is 7. The highest BCUT2D eigenvalue weighted by Crippen LogP contribution is 2.25. The molecular formula is C30H20N4O5. The smallest absolute Gasteiger partial charge is 0.343 e. The molecular weight excluding hydrogens is 496 g/mol. The van der Waals surface area contributed by atoms with Crippen LogP contribution in [0, 0.1) is 10.1 Å². The molecule has 5 aromatic rings. The van der Waals surface area contributed by atoms with Gasteiger partial charge in [-0.15, -0.1) is 0 Å². The molecule has 0 fully saturated rings. The molecule has 0 bridgehead atoms. The van der Waals surface area contributed by atoms with Gasteiger partial charge in [-0.2, -0.15) is 5.10 Å². The third-order valence-electron chi connectivity index (χ3n) is 5.79. The van der Waals surface area contributed by atoms with Crippen molar-refractivity contribution in [3.63, 3.8) is 0 Å². The van der Waals surface area contributed by atoms with Gasteiger partial charge in [0.05, 0.1) is 33.5 Å². The first-order chi connectivity index (χ1) is 19.0. The maximum Gasteiger partial charge on any atom is 0.343 e. The minimum atomic E-state index is -0.661. The summed E-state index contributed by atoms with van der Waals surface area (Å²) < 4.78 is 5.38. The molecule has 5 rings (SSSR count). The van der Waals surface area contributed by atoms with Crippen LogP contribution in [-0.2, 0) is 0 Å². The van der Waals surface area contributed by atoms with Crippen molar-refractivity contribution < 1.29 is 19.2 Å². The standard InChI is InChI=1S/C30H20N4O5/c35-29(26-18-28(21-8-2-1-3-9-21)32-27-12-5-4-11-25(26)27)33-31-19-20-7-6-10-24(17-20)39-30(36)22-13-15-23(16-14-22)34(37)38/h1-19H,(H,33,35). The SMILES string of the molecule is O=C(Oc1cccc(C=NNC(=O)c2cc(-c3ccccc3)nc3ccccc23)c1)c1ccc([N+](=O)[O-])cc1. The van der Waals surface area contributed by atoms with E-state index in [0.717, 1.165) is 5.56 Å². The van der Waals surface area contributed by atoms with Crippen molar-refractivity contribution in [1.29, 1.82) is 0 Å². The second kappa shape index (κ2) is 11.1. The van der Waals surface area contributed by atoms with Crippen LogP contribution in [0.2, 0.25) is 0 Å². The molecule has 1 heterocycles.